The smallest absolute Gasteiger partial charge is 0.220 e. The highest BCUT2D eigenvalue weighted by atomic mass is 16.7. The maximum absolute atomic E-state index is 13.3. The monoisotopic (exact) mass is 1120 g/mol. The van der Waals surface area contributed by atoms with Gasteiger partial charge in [-0.25, -0.2) is 0 Å². The first-order valence-electron chi connectivity index (χ1n) is 32.4. The van der Waals surface area contributed by atoms with Gasteiger partial charge in [-0.15, -0.1) is 0 Å². The van der Waals surface area contributed by atoms with E-state index in [9.17, 15) is 45.6 Å². The van der Waals surface area contributed by atoms with E-state index in [1.165, 1.54) is 186 Å². The zero-order valence-corrected chi connectivity index (χ0v) is 49.9. The van der Waals surface area contributed by atoms with E-state index in [0.29, 0.717) is 12.8 Å². The first kappa shape index (κ1) is 73.1. The standard InChI is InChI=1S/C65H119NO13/c1-3-5-7-9-11-13-15-17-19-21-23-24-25-26-27-28-29-30-31-33-35-37-39-41-43-45-47-49-57(70)66-53(54(69)48-46-44-42-40-38-36-34-32-22-20-18-16-14-12-10-8-6-4-2)52-76-64-62(75)60(73)63(56(51-68)78-64)79-65-61(74)59(72)58(71)55(50-67)77-65/h21-23,32,38,40,46,48,53-56,58-65,67-69,71-75H,3-20,24-31,33-37,39,41-45,47,49-52H2,1-2H3,(H,66,70)/b23-21-,32-22+,40-38+,48-46+. The molecule has 2 aliphatic rings. The van der Waals surface area contributed by atoms with Gasteiger partial charge < -0.3 is 65.1 Å². The number of aliphatic hydroxyl groups excluding tert-OH is 8. The third kappa shape index (κ3) is 35.6. The molecule has 0 aromatic heterocycles. The molecule has 2 heterocycles. The summed E-state index contributed by atoms with van der Waals surface area (Å²) in [6.45, 7) is 2.79. The highest BCUT2D eigenvalue weighted by Gasteiger charge is 2.51. The van der Waals surface area contributed by atoms with Crippen molar-refractivity contribution < 1.29 is 64.6 Å². The Morgan fingerprint density at radius 1 is 0.443 bits per heavy atom. The van der Waals surface area contributed by atoms with Crippen LogP contribution in [-0.4, -0.2) is 140 Å². The third-order valence-corrected chi connectivity index (χ3v) is 15.7. The zero-order chi connectivity index (χ0) is 57.4. The van der Waals surface area contributed by atoms with Crippen LogP contribution in [0.5, 0.6) is 0 Å². The molecule has 9 N–H and O–H groups in total. The summed E-state index contributed by atoms with van der Waals surface area (Å²) in [7, 11) is 0. The summed E-state index contributed by atoms with van der Waals surface area (Å²) < 4.78 is 22.8. The van der Waals surface area contributed by atoms with Crippen LogP contribution in [-0.2, 0) is 23.7 Å². The normalized spacial score (nSPS) is 24.7. The van der Waals surface area contributed by atoms with Crippen molar-refractivity contribution in [2.75, 3.05) is 19.8 Å². The van der Waals surface area contributed by atoms with Gasteiger partial charge in [-0.1, -0.05) is 236 Å². The van der Waals surface area contributed by atoms with Crippen LogP contribution in [0.2, 0.25) is 0 Å². The Kier molecular flexibility index (Phi) is 46.7. The van der Waals surface area contributed by atoms with Crippen LogP contribution in [0.4, 0.5) is 0 Å². The topological polar surface area (TPSA) is 228 Å². The average molecular weight is 1120 g/mol. The molecule has 0 aromatic carbocycles. The number of amides is 1. The molecule has 1 amide bonds. The van der Waals surface area contributed by atoms with Gasteiger partial charge in [-0.3, -0.25) is 4.79 Å². The summed E-state index contributed by atoms with van der Waals surface area (Å²) in [6.07, 6.45) is 47.3. The maximum Gasteiger partial charge on any atom is 0.220 e. The fourth-order valence-corrected chi connectivity index (χ4v) is 10.5. The van der Waals surface area contributed by atoms with E-state index < -0.39 is 86.8 Å². The molecule has 0 spiro atoms. The molecule has 0 saturated carbocycles. The first-order chi connectivity index (χ1) is 38.6. The van der Waals surface area contributed by atoms with Crippen molar-refractivity contribution in [3.05, 3.63) is 48.6 Å². The molecule has 14 nitrogen and oxygen atoms in total. The van der Waals surface area contributed by atoms with Crippen molar-refractivity contribution in [3.63, 3.8) is 0 Å². The molecule has 0 bridgehead atoms. The second-order valence-corrected chi connectivity index (χ2v) is 22.9. The number of carbonyl (C=O) groups excluding carboxylic acids is 1. The molecule has 2 aliphatic heterocycles. The third-order valence-electron chi connectivity index (χ3n) is 15.7. The van der Waals surface area contributed by atoms with Gasteiger partial charge in [0.05, 0.1) is 32.0 Å². The van der Waals surface area contributed by atoms with E-state index in [4.69, 9.17) is 18.9 Å². The number of aliphatic hydroxyl groups is 8. The fourth-order valence-electron chi connectivity index (χ4n) is 10.5. The summed E-state index contributed by atoms with van der Waals surface area (Å²) in [5.41, 5.74) is 0. The van der Waals surface area contributed by atoms with Crippen LogP contribution in [0.1, 0.15) is 264 Å². The average Bonchev–Trinajstić information content (AvgIpc) is 3.46. The van der Waals surface area contributed by atoms with Crippen LogP contribution >= 0.6 is 0 Å². The van der Waals surface area contributed by atoms with Crippen molar-refractivity contribution in [2.45, 2.75) is 338 Å². The van der Waals surface area contributed by atoms with E-state index in [-0.39, 0.29) is 18.9 Å². The number of rotatable bonds is 52. The number of nitrogens with one attached hydrogen (secondary N) is 1. The minimum Gasteiger partial charge on any atom is -0.394 e. The summed E-state index contributed by atoms with van der Waals surface area (Å²) in [5, 5.41) is 87.2. The number of unbranched alkanes of at least 4 members (excludes halogenated alkanes) is 33. The largest absolute Gasteiger partial charge is 0.394 e. The molecule has 79 heavy (non-hydrogen) atoms. The van der Waals surface area contributed by atoms with Gasteiger partial charge in [-0.05, 0) is 70.6 Å². The van der Waals surface area contributed by atoms with E-state index in [1.54, 1.807) is 6.08 Å². The van der Waals surface area contributed by atoms with Gasteiger partial charge in [0.25, 0.3) is 0 Å². The zero-order valence-electron chi connectivity index (χ0n) is 49.9. The van der Waals surface area contributed by atoms with Crippen LogP contribution in [0.15, 0.2) is 48.6 Å². The van der Waals surface area contributed by atoms with Crippen molar-refractivity contribution >= 4 is 5.91 Å². The molecule has 12 unspecified atom stereocenters. The number of hydrogen-bond donors (Lipinski definition) is 9. The molecule has 12 atom stereocenters. The number of allylic oxidation sites excluding steroid dienone is 7. The van der Waals surface area contributed by atoms with Crippen molar-refractivity contribution in [3.8, 4) is 0 Å². The molecule has 0 radical (unpaired) electrons. The summed E-state index contributed by atoms with van der Waals surface area (Å²) in [4.78, 5) is 13.3. The highest BCUT2D eigenvalue weighted by molar-refractivity contribution is 5.76. The Hall–Kier alpha value is -2.05. The van der Waals surface area contributed by atoms with Crippen LogP contribution < -0.4 is 5.32 Å². The molecular weight excluding hydrogens is 1000 g/mol. The summed E-state index contributed by atoms with van der Waals surface area (Å²) in [5.74, 6) is -0.251. The lowest BCUT2D eigenvalue weighted by atomic mass is 9.97. The SMILES string of the molecule is CCCCCCCCCC/C=C\CCCCCCCCCCCCCCCCCC(=O)NC(COC1OC(CO)C(OC2OC(CO)C(O)C(O)C2O)C(O)C1O)C(O)/C=C/CC/C=C/CC/C=C/CCCCCCCCCC. The van der Waals surface area contributed by atoms with Gasteiger partial charge in [0.2, 0.25) is 5.91 Å². The predicted molar refractivity (Wildman–Crippen MR) is 318 cm³/mol. The molecule has 2 saturated heterocycles. The number of carbonyl (C=O) groups is 1. The van der Waals surface area contributed by atoms with Crippen molar-refractivity contribution in [1.82, 2.24) is 5.32 Å². The highest BCUT2D eigenvalue weighted by Crippen LogP contribution is 2.30. The van der Waals surface area contributed by atoms with Crippen molar-refractivity contribution in [1.29, 1.82) is 0 Å². The van der Waals surface area contributed by atoms with Gasteiger partial charge in [0, 0.05) is 6.42 Å². The van der Waals surface area contributed by atoms with E-state index in [0.717, 1.165) is 44.9 Å². The minimum atomic E-state index is -1.79. The van der Waals surface area contributed by atoms with Crippen LogP contribution in [0.25, 0.3) is 0 Å². The Morgan fingerprint density at radius 3 is 1.24 bits per heavy atom. The lowest BCUT2D eigenvalue weighted by Gasteiger charge is -2.46. The second kappa shape index (κ2) is 50.5. The second-order valence-electron chi connectivity index (χ2n) is 22.9. The summed E-state index contributed by atoms with van der Waals surface area (Å²) in [6, 6.07) is -0.938. The van der Waals surface area contributed by atoms with Crippen LogP contribution in [0.3, 0.4) is 0 Å². The van der Waals surface area contributed by atoms with E-state index in [1.807, 2.05) is 6.08 Å². The Labute approximate surface area is 480 Å². The lowest BCUT2D eigenvalue weighted by molar-refractivity contribution is -0.359. The fraction of sp³-hybridized carbons (Fsp3) is 0.862. The Morgan fingerprint density at radius 2 is 0.810 bits per heavy atom. The van der Waals surface area contributed by atoms with E-state index in [2.05, 4.69) is 55.6 Å². The molecule has 2 rings (SSSR count). The molecular formula is C65H119NO13. The van der Waals surface area contributed by atoms with Gasteiger partial charge in [-0.2, -0.15) is 0 Å². The molecule has 2 fully saturated rings. The summed E-state index contributed by atoms with van der Waals surface area (Å²) >= 11 is 0. The Balaban J connectivity index is 1.72. The predicted octanol–water partition coefficient (Wildman–Crippen LogP) is 12.0. The van der Waals surface area contributed by atoms with Gasteiger partial charge in [0.1, 0.15) is 48.8 Å². The lowest BCUT2D eigenvalue weighted by Crippen LogP contribution is -2.65. The van der Waals surface area contributed by atoms with Crippen LogP contribution in [0, 0.1) is 0 Å². The number of hydrogen-bond acceptors (Lipinski definition) is 13. The molecule has 14 heteroatoms. The molecule has 462 valence electrons. The first-order valence-corrected chi connectivity index (χ1v) is 32.4. The molecule has 0 aliphatic carbocycles. The molecule has 0 aromatic rings. The Bertz CT molecular complexity index is 1510. The maximum atomic E-state index is 13.3. The van der Waals surface area contributed by atoms with E-state index >= 15 is 0 Å². The van der Waals surface area contributed by atoms with Gasteiger partial charge >= 0.3 is 0 Å². The van der Waals surface area contributed by atoms with Gasteiger partial charge in [0.15, 0.2) is 12.6 Å². The number of ether oxygens (including phenoxy) is 4. The van der Waals surface area contributed by atoms with Crippen molar-refractivity contribution in [2.24, 2.45) is 0 Å². The quantitative estimate of drug-likeness (QED) is 0.0204. The minimum absolute atomic E-state index is 0.251.